The van der Waals surface area contributed by atoms with Crippen molar-refractivity contribution in [3.05, 3.63) is 60.8 Å². The van der Waals surface area contributed by atoms with Crippen LogP contribution in [-0.4, -0.2) is 40.0 Å². The van der Waals surface area contributed by atoms with Crippen molar-refractivity contribution >= 4 is 0 Å². The molecule has 2 N–H and O–H groups in total. The van der Waals surface area contributed by atoms with Crippen LogP contribution in [0.25, 0.3) is 0 Å². The molecular formula is C31H54NO2+. The third-order valence-electron chi connectivity index (χ3n) is 6.55. The summed E-state index contributed by atoms with van der Waals surface area (Å²) in [6.07, 6.45) is 24.2. The van der Waals surface area contributed by atoms with E-state index in [0.717, 1.165) is 13.0 Å². The van der Waals surface area contributed by atoms with E-state index >= 15 is 0 Å². The van der Waals surface area contributed by atoms with Crippen LogP contribution in [0, 0.1) is 0 Å². The number of unbranched alkanes of at least 4 members (excludes halogenated alkanes) is 13. The topological polar surface area (TPSA) is 40.5 Å². The van der Waals surface area contributed by atoms with Gasteiger partial charge in [-0.15, -0.1) is 6.58 Å². The van der Waals surface area contributed by atoms with Gasteiger partial charge in [-0.2, -0.15) is 0 Å². The van der Waals surface area contributed by atoms with Gasteiger partial charge in [-0.3, -0.25) is 4.48 Å². The Kier molecular flexibility index (Phi) is 17.9. The Morgan fingerprint density at radius 3 is 1.59 bits per heavy atom. The maximum absolute atomic E-state index is 10.2. The van der Waals surface area contributed by atoms with Gasteiger partial charge in [0.25, 0.3) is 0 Å². The molecule has 0 amide bonds. The van der Waals surface area contributed by atoms with Crippen LogP contribution in [-0.2, 0) is 6.54 Å². The summed E-state index contributed by atoms with van der Waals surface area (Å²) in [5, 5.41) is 20.4. The summed E-state index contributed by atoms with van der Waals surface area (Å²) >= 11 is 0. The Balaban J connectivity index is 2.27. The average Bonchev–Trinajstić information content (AvgIpc) is 2.78. The van der Waals surface area contributed by atoms with Gasteiger partial charge in [0.1, 0.15) is 31.8 Å². The van der Waals surface area contributed by atoms with Crippen molar-refractivity contribution < 1.29 is 14.7 Å². The second-order valence-electron chi connectivity index (χ2n) is 10.4. The first-order valence-electron chi connectivity index (χ1n) is 14.0. The van der Waals surface area contributed by atoms with Crippen molar-refractivity contribution in [3.8, 4) is 0 Å². The first kappa shape index (κ1) is 30.6. The van der Waals surface area contributed by atoms with E-state index in [1.165, 1.54) is 89.0 Å². The molecule has 1 aromatic rings. The van der Waals surface area contributed by atoms with Crippen LogP contribution in [0.2, 0.25) is 0 Å². The van der Waals surface area contributed by atoms with Crippen molar-refractivity contribution in [1.82, 2.24) is 0 Å². The normalized spacial score (nSPS) is 15.3. The van der Waals surface area contributed by atoms with Gasteiger partial charge in [0.15, 0.2) is 0 Å². The zero-order chi connectivity index (χ0) is 24.9. The van der Waals surface area contributed by atoms with E-state index in [1.54, 1.807) is 0 Å². The quantitative estimate of drug-likeness (QED) is 0.102. The molecule has 2 atom stereocenters. The summed E-state index contributed by atoms with van der Waals surface area (Å²) in [4.78, 5) is 0. The Bertz CT molecular complexity index is 614. The van der Waals surface area contributed by atoms with Crippen molar-refractivity contribution in [2.45, 2.75) is 122 Å². The van der Waals surface area contributed by atoms with Gasteiger partial charge in [-0.25, -0.2) is 0 Å². The minimum Gasteiger partial charge on any atom is -0.388 e. The standard InChI is InChI=1S/C31H54NO2/c1-4-5-6-7-8-9-10-11-12-13-14-15-16-17-18-22-25-32(26-29(2)33,27-30(3)34)28-31-23-20-19-21-24-31/h4,19-25,29-30,33-34H,1,5-18,26-28H2,2-3H3/q+1. The van der Waals surface area contributed by atoms with E-state index in [-0.39, 0.29) is 0 Å². The average molecular weight is 473 g/mol. The number of rotatable bonds is 22. The maximum atomic E-state index is 10.2. The second-order valence-corrected chi connectivity index (χ2v) is 10.4. The molecule has 0 aliphatic carbocycles. The molecule has 0 bridgehead atoms. The summed E-state index contributed by atoms with van der Waals surface area (Å²) in [5.74, 6) is 0. The van der Waals surface area contributed by atoms with Crippen LogP contribution in [0.5, 0.6) is 0 Å². The lowest BCUT2D eigenvalue weighted by atomic mass is 10.0. The predicted molar refractivity (Wildman–Crippen MR) is 147 cm³/mol. The third-order valence-corrected chi connectivity index (χ3v) is 6.55. The van der Waals surface area contributed by atoms with E-state index in [0.29, 0.717) is 17.6 Å². The predicted octanol–water partition coefficient (Wildman–Crippen LogP) is 7.93. The molecule has 1 aromatic carbocycles. The van der Waals surface area contributed by atoms with Crippen molar-refractivity contribution in [1.29, 1.82) is 0 Å². The molecule has 34 heavy (non-hydrogen) atoms. The fourth-order valence-corrected chi connectivity index (χ4v) is 4.99. The zero-order valence-corrected chi connectivity index (χ0v) is 22.3. The number of benzene rings is 1. The molecule has 0 fully saturated rings. The Labute approximate surface area is 211 Å². The Hall–Kier alpha value is -1.42. The van der Waals surface area contributed by atoms with Crippen molar-refractivity contribution in [2.24, 2.45) is 0 Å². The molecule has 0 aliphatic heterocycles. The molecule has 1 rings (SSSR count). The minimum atomic E-state index is -0.413. The summed E-state index contributed by atoms with van der Waals surface area (Å²) in [7, 11) is 0. The van der Waals surface area contributed by atoms with Gasteiger partial charge in [0.2, 0.25) is 0 Å². The largest absolute Gasteiger partial charge is 0.388 e. The number of hydrogen-bond donors (Lipinski definition) is 2. The third kappa shape index (κ3) is 16.2. The lowest BCUT2D eigenvalue weighted by molar-refractivity contribution is -0.898. The zero-order valence-electron chi connectivity index (χ0n) is 22.3. The van der Waals surface area contributed by atoms with Gasteiger partial charge in [-0.1, -0.05) is 101 Å². The second kappa shape index (κ2) is 19.8. The van der Waals surface area contributed by atoms with E-state index in [4.69, 9.17) is 0 Å². The summed E-state index contributed by atoms with van der Waals surface area (Å²) < 4.78 is 0.591. The minimum absolute atomic E-state index is 0.413. The lowest BCUT2D eigenvalue weighted by Gasteiger charge is -2.37. The molecule has 0 aromatic heterocycles. The van der Waals surface area contributed by atoms with Crippen molar-refractivity contribution in [3.63, 3.8) is 0 Å². The number of allylic oxidation sites excluding steroid dienone is 2. The number of aliphatic hydroxyl groups excluding tert-OH is 2. The van der Waals surface area contributed by atoms with Crippen LogP contribution in [0.1, 0.15) is 109 Å². The highest BCUT2D eigenvalue weighted by Gasteiger charge is 2.29. The van der Waals surface area contributed by atoms with Crippen LogP contribution >= 0.6 is 0 Å². The van der Waals surface area contributed by atoms with E-state index < -0.39 is 12.2 Å². The molecule has 0 heterocycles. The fraction of sp³-hybridized carbons (Fsp3) is 0.677. The number of hydrogen-bond acceptors (Lipinski definition) is 2. The molecule has 0 saturated heterocycles. The van der Waals surface area contributed by atoms with Crippen LogP contribution in [0.3, 0.4) is 0 Å². The smallest absolute Gasteiger partial charge is 0.109 e. The Morgan fingerprint density at radius 2 is 1.15 bits per heavy atom. The number of nitrogens with zero attached hydrogens (tertiary/aromatic N) is 1. The highest BCUT2D eigenvalue weighted by molar-refractivity contribution is 5.13. The number of aliphatic hydroxyl groups is 2. The molecule has 194 valence electrons. The van der Waals surface area contributed by atoms with Gasteiger partial charge in [0, 0.05) is 5.56 Å². The van der Waals surface area contributed by atoms with Gasteiger partial charge in [-0.05, 0) is 45.6 Å². The molecule has 0 saturated carbocycles. The molecular weight excluding hydrogens is 418 g/mol. The SMILES string of the molecule is C=CCCCCCCCCCCCCCCC=C[N+](Cc1ccccc1)(CC(C)O)CC(C)O. The van der Waals surface area contributed by atoms with E-state index in [9.17, 15) is 10.2 Å². The van der Waals surface area contributed by atoms with Gasteiger partial charge in [0.05, 0.1) is 6.20 Å². The Morgan fingerprint density at radius 1 is 0.706 bits per heavy atom. The van der Waals surface area contributed by atoms with E-state index in [2.05, 4.69) is 43.1 Å². The van der Waals surface area contributed by atoms with Crippen molar-refractivity contribution in [2.75, 3.05) is 13.1 Å². The van der Waals surface area contributed by atoms with Crippen LogP contribution in [0.15, 0.2) is 55.3 Å². The summed E-state index contributed by atoms with van der Waals surface area (Å²) in [6, 6.07) is 10.4. The molecule has 0 spiro atoms. The van der Waals surface area contributed by atoms with Gasteiger partial charge < -0.3 is 10.2 Å². The van der Waals surface area contributed by atoms with Crippen LogP contribution in [0.4, 0.5) is 0 Å². The molecule has 3 heteroatoms. The fourth-order valence-electron chi connectivity index (χ4n) is 4.99. The monoisotopic (exact) mass is 472 g/mol. The van der Waals surface area contributed by atoms with Crippen LogP contribution < -0.4 is 0 Å². The summed E-state index contributed by atoms with van der Waals surface area (Å²) in [6.45, 7) is 9.50. The maximum Gasteiger partial charge on any atom is 0.109 e. The van der Waals surface area contributed by atoms with Gasteiger partial charge >= 0.3 is 0 Å². The first-order valence-corrected chi connectivity index (χ1v) is 14.0. The highest BCUT2D eigenvalue weighted by atomic mass is 16.3. The highest BCUT2D eigenvalue weighted by Crippen LogP contribution is 2.20. The van der Waals surface area contributed by atoms with E-state index in [1.807, 2.05) is 26.0 Å². The molecule has 0 aliphatic rings. The molecule has 2 unspecified atom stereocenters. The molecule has 0 radical (unpaired) electrons. The lowest BCUT2D eigenvalue weighted by Crippen LogP contribution is -2.50. The first-order chi connectivity index (χ1) is 16.5. The number of quaternary nitrogens is 1. The molecule has 3 nitrogen and oxygen atoms in total. The summed E-state index contributed by atoms with van der Waals surface area (Å²) in [5.41, 5.74) is 1.24.